The topological polar surface area (TPSA) is 64.6 Å². The van der Waals surface area contributed by atoms with Gasteiger partial charge in [-0.1, -0.05) is 55.8 Å². The number of dihydropyridines is 1. The number of hydrogen-bond acceptors (Lipinski definition) is 5. The molecule has 5 nitrogen and oxygen atoms in total. The van der Waals surface area contributed by atoms with Gasteiger partial charge in [0.05, 0.1) is 5.57 Å². The van der Waals surface area contributed by atoms with E-state index in [1.807, 2.05) is 55.5 Å². The van der Waals surface area contributed by atoms with Gasteiger partial charge in [0, 0.05) is 34.3 Å². The fourth-order valence-corrected chi connectivity index (χ4v) is 4.81. The fourth-order valence-electron chi connectivity index (χ4n) is 4.61. The molecule has 1 N–H and O–H groups in total. The molecule has 2 aliphatic rings. The molecule has 4 rings (SSSR count). The lowest BCUT2D eigenvalue weighted by molar-refractivity contribution is -0.140. The van der Waals surface area contributed by atoms with Gasteiger partial charge in [0.2, 0.25) is 0 Å². The Kier molecular flexibility index (Phi) is 6.61. The molecule has 172 valence electrons. The number of ether oxygens (including phenoxy) is 2. The first-order valence-corrected chi connectivity index (χ1v) is 11.5. The molecule has 2 aromatic carbocycles. The molecule has 6 heteroatoms. The highest BCUT2D eigenvalue weighted by Crippen LogP contribution is 2.47. The van der Waals surface area contributed by atoms with E-state index in [9.17, 15) is 9.59 Å². The second-order valence-corrected chi connectivity index (χ2v) is 9.72. The van der Waals surface area contributed by atoms with E-state index in [-0.39, 0.29) is 24.4 Å². The summed E-state index contributed by atoms with van der Waals surface area (Å²) < 4.78 is 11.2. The molecule has 1 heterocycles. The number of nitrogens with one attached hydrogen (secondary N) is 1. The fraction of sp³-hybridized carbons (Fsp3) is 0.333. The van der Waals surface area contributed by atoms with E-state index in [0.717, 1.165) is 17.7 Å². The molecule has 0 saturated carbocycles. The van der Waals surface area contributed by atoms with Crippen molar-refractivity contribution in [3.05, 3.63) is 87.7 Å². The van der Waals surface area contributed by atoms with Crippen LogP contribution in [0.3, 0.4) is 0 Å². The second-order valence-electron chi connectivity index (χ2n) is 9.28. The molecule has 0 aromatic heterocycles. The quantitative estimate of drug-likeness (QED) is 0.446. The highest BCUT2D eigenvalue weighted by Gasteiger charge is 2.43. The SMILES string of the molecule is CC1=C(C(=O)OCCOc2ccccc2)[C@@H](c2cccc(Cl)c2)C2=C(CC(C)(C)CC2=O)N1. The molecule has 0 radical (unpaired) electrons. The molecule has 0 amide bonds. The lowest BCUT2D eigenvalue weighted by atomic mass is 9.68. The van der Waals surface area contributed by atoms with Crippen molar-refractivity contribution in [2.45, 2.75) is 39.5 Å². The van der Waals surface area contributed by atoms with Crippen LogP contribution in [0.15, 0.2) is 77.1 Å². The molecular formula is C27H28ClNO4. The number of allylic oxidation sites excluding steroid dienone is 3. The zero-order chi connectivity index (χ0) is 23.6. The first-order valence-electron chi connectivity index (χ1n) is 11.1. The number of benzene rings is 2. The zero-order valence-electron chi connectivity index (χ0n) is 19.1. The molecule has 0 fully saturated rings. The van der Waals surface area contributed by atoms with E-state index >= 15 is 0 Å². The summed E-state index contributed by atoms with van der Waals surface area (Å²) in [5.41, 5.74) is 3.30. The van der Waals surface area contributed by atoms with E-state index in [1.165, 1.54) is 0 Å². The number of ketones is 1. The zero-order valence-corrected chi connectivity index (χ0v) is 19.9. The Morgan fingerprint density at radius 2 is 1.85 bits per heavy atom. The summed E-state index contributed by atoms with van der Waals surface area (Å²) in [5.74, 6) is -0.230. The van der Waals surface area contributed by atoms with Crippen molar-refractivity contribution in [2.75, 3.05) is 13.2 Å². The van der Waals surface area contributed by atoms with Crippen LogP contribution in [0.5, 0.6) is 5.75 Å². The summed E-state index contributed by atoms with van der Waals surface area (Å²) in [5, 5.41) is 3.89. The highest BCUT2D eigenvalue weighted by molar-refractivity contribution is 6.30. The van der Waals surface area contributed by atoms with Crippen LogP contribution in [-0.2, 0) is 14.3 Å². The molecule has 1 aliphatic heterocycles. The average molecular weight is 466 g/mol. The van der Waals surface area contributed by atoms with Crippen LogP contribution in [0.2, 0.25) is 5.02 Å². The largest absolute Gasteiger partial charge is 0.490 e. The van der Waals surface area contributed by atoms with E-state index in [0.29, 0.717) is 34.0 Å². The number of esters is 1. The summed E-state index contributed by atoms with van der Waals surface area (Å²) >= 11 is 6.28. The standard InChI is InChI=1S/C27H28ClNO4/c1-17-23(26(31)33-13-12-32-20-10-5-4-6-11-20)24(18-8-7-9-19(28)14-18)25-21(29-17)15-27(2,3)16-22(25)30/h4-11,14,24,29H,12-13,15-16H2,1-3H3/t24-/m1/s1. The average Bonchev–Trinajstić information content (AvgIpc) is 2.75. The summed E-state index contributed by atoms with van der Waals surface area (Å²) in [4.78, 5) is 26.5. The Bertz CT molecular complexity index is 1130. The van der Waals surface area contributed by atoms with Gasteiger partial charge in [0.25, 0.3) is 0 Å². The number of halogens is 1. The van der Waals surface area contributed by atoms with Gasteiger partial charge in [0.1, 0.15) is 19.0 Å². The lowest BCUT2D eigenvalue weighted by Gasteiger charge is -2.39. The molecule has 0 saturated heterocycles. The number of Topliss-reactive ketones (excluding diaryl/α,β-unsaturated/α-hetero) is 1. The predicted molar refractivity (Wildman–Crippen MR) is 128 cm³/mol. The Morgan fingerprint density at radius 1 is 1.09 bits per heavy atom. The van der Waals surface area contributed by atoms with Crippen LogP contribution in [0.4, 0.5) is 0 Å². The maximum atomic E-state index is 13.3. The van der Waals surface area contributed by atoms with Gasteiger partial charge < -0.3 is 14.8 Å². The van der Waals surface area contributed by atoms with Gasteiger partial charge in [0.15, 0.2) is 5.78 Å². The van der Waals surface area contributed by atoms with Crippen LogP contribution in [-0.4, -0.2) is 25.0 Å². The summed E-state index contributed by atoms with van der Waals surface area (Å²) in [6.45, 7) is 6.35. The third-order valence-corrected chi connectivity index (χ3v) is 6.21. The molecule has 2 aromatic rings. The smallest absolute Gasteiger partial charge is 0.336 e. The van der Waals surface area contributed by atoms with E-state index in [4.69, 9.17) is 21.1 Å². The van der Waals surface area contributed by atoms with Crippen LogP contribution >= 0.6 is 11.6 Å². The van der Waals surface area contributed by atoms with Crippen molar-refractivity contribution < 1.29 is 19.1 Å². The number of hydrogen-bond donors (Lipinski definition) is 1. The first-order chi connectivity index (χ1) is 15.7. The minimum Gasteiger partial charge on any atom is -0.490 e. The molecule has 0 unspecified atom stereocenters. The summed E-state index contributed by atoms with van der Waals surface area (Å²) in [7, 11) is 0. The first kappa shape index (κ1) is 23.1. The molecule has 0 bridgehead atoms. The van der Waals surface area contributed by atoms with Crippen LogP contribution in [0.1, 0.15) is 45.1 Å². The van der Waals surface area contributed by atoms with Gasteiger partial charge in [-0.05, 0) is 48.6 Å². The molecule has 1 atom stereocenters. The van der Waals surface area contributed by atoms with Crippen molar-refractivity contribution in [2.24, 2.45) is 5.41 Å². The van der Waals surface area contributed by atoms with E-state index in [2.05, 4.69) is 19.2 Å². The van der Waals surface area contributed by atoms with Crippen LogP contribution < -0.4 is 10.1 Å². The van der Waals surface area contributed by atoms with Gasteiger partial charge in [-0.3, -0.25) is 4.79 Å². The summed E-state index contributed by atoms with van der Waals surface area (Å²) in [6.07, 6.45) is 1.16. The van der Waals surface area contributed by atoms with Gasteiger partial charge >= 0.3 is 5.97 Å². The lowest BCUT2D eigenvalue weighted by Crippen LogP contribution is -2.38. The maximum Gasteiger partial charge on any atom is 0.336 e. The Balaban J connectivity index is 1.60. The number of para-hydroxylation sites is 1. The Labute approximate surface area is 199 Å². The Hall–Kier alpha value is -3.05. The van der Waals surface area contributed by atoms with E-state index in [1.54, 1.807) is 6.07 Å². The van der Waals surface area contributed by atoms with Crippen molar-refractivity contribution in [1.29, 1.82) is 0 Å². The van der Waals surface area contributed by atoms with Crippen molar-refractivity contribution >= 4 is 23.4 Å². The van der Waals surface area contributed by atoms with Gasteiger partial charge in [-0.15, -0.1) is 0 Å². The van der Waals surface area contributed by atoms with Crippen molar-refractivity contribution in [3.63, 3.8) is 0 Å². The van der Waals surface area contributed by atoms with Gasteiger partial charge in [-0.2, -0.15) is 0 Å². The number of carbonyl (C=O) groups excluding carboxylic acids is 2. The Morgan fingerprint density at radius 3 is 2.58 bits per heavy atom. The van der Waals surface area contributed by atoms with Crippen molar-refractivity contribution in [1.82, 2.24) is 5.32 Å². The third-order valence-electron chi connectivity index (χ3n) is 5.97. The molecule has 33 heavy (non-hydrogen) atoms. The minimum atomic E-state index is -0.522. The third kappa shape index (κ3) is 5.14. The van der Waals surface area contributed by atoms with Gasteiger partial charge in [-0.25, -0.2) is 4.79 Å². The van der Waals surface area contributed by atoms with Crippen molar-refractivity contribution in [3.8, 4) is 5.75 Å². The number of carbonyl (C=O) groups is 2. The van der Waals surface area contributed by atoms with Crippen LogP contribution in [0.25, 0.3) is 0 Å². The highest BCUT2D eigenvalue weighted by atomic mass is 35.5. The summed E-state index contributed by atoms with van der Waals surface area (Å²) in [6, 6.07) is 16.7. The molecular weight excluding hydrogens is 438 g/mol. The molecule has 0 spiro atoms. The van der Waals surface area contributed by atoms with E-state index < -0.39 is 11.9 Å². The second kappa shape index (κ2) is 9.44. The molecule has 1 aliphatic carbocycles. The predicted octanol–water partition coefficient (Wildman–Crippen LogP) is 5.57. The minimum absolute atomic E-state index is 0.0453. The maximum absolute atomic E-state index is 13.3. The number of rotatable bonds is 6. The normalized spacial score (nSPS) is 19.6. The van der Waals surface area contributed by atoms with Crippen LogP contribution in [0, 0.1) is 5.41 Å². The monoisotopic (exact) mass is 465 g/mol.